The SMILES string of the molecule is Cc1cc(CNC(=O)NC2CCC(O)CC2)c(C)o1. The molecule has 1 saturated carbocycles. The number of aliphatic hydroxyl groups excluding tert-OH is 1. The molecule has 5 nitrogen and oxygen atoms in total. The summed E-state index contributed by atoms with van der Waals surface area (Å²) in [7, 11) is 0. The number of carbonyl (C=O) groups excluding carboxylic acids is 1. The summed E-state index contributed by atoms with van der Waals surface area (Å²) in [5, 5.41) is 15.2. The summed E-state index contributed by atoms with van der Waals surface area (Å²) in [6, 6.07) is 1.96. The summed E-state index contributed by atoms with van der Waals surface area (Å²) < 4.78 is 5.41. The van der Waals surface area contributed by atoms with Crippen molar-refractivity contribution in [3.63, 3.8) is 0 Å². The van der Waals surface area contributed by atoms with Crippen molar-refractivity contribution in [3.8, 4) is 0 Å². The van der Waals surface area contributed by atoms with Crippen molar-refractivity contribution < 1.29 is 14.3 Å². The zero-order valence-electron chi connectivity index (χ0n) is 11.5. The largest absolute Gasteiger partial charge is 0.466 e. The quantitative estimate of drug-likeness (QED) is 0.783. The van der Waals surface area contributed by atoms with Crippen molar-refractivity contribution in [2.24, 2.45) is 0 Å². The maximum atomic E-state index is 11.8. The van der Waals surface area contributed by atoms with Crippen LogP contribution in [-0.4, -0.2) is 23.3 Å². The van der Waals surface area contributed by atoms with Crippen LogP contribution in [0.5, 0.6) is 0 Å². The molecule has 0 atom stereocenters. The number of hydrogen-bond acceptors (Lipinski definition) is 3. The molecule has 0 saturated heterocycles. The minimum atomic E-state index is -0.197. The van der Waals surface area contributed by atoms with E-state index < -0.39 is 0 Å². The summed E-state index contributed by atoms with van der Waals surface area (Å²) in [5.74, 6) is 1.70. The van der Waals surface area contributed by atoms with E-state index in [1.807, 2.05) is 19.9 Å². The topological polar surface area (TPSA) is 74.5 Å². The molecule has 0 bridgehead atoms. The number of hydrogen-bond donors (Lipinski definition) is 3. The number of amides is 2. The molecule has 2 amide bonds. The lowest BCUT2D eigenvalue weighted by atomic mass is 9.93. The van der Waals surface area contributed by atoms with Gasteiger partial charge in [0.1, 0.15) is 11.5 Å². The zero-order chi connectivity index (χ0) is 13.8. The van der Waals surface area contributed by atoms with Gasteiger partial charge in [-0.2, -0.15) is 0 Å². The predicted octanol–water partition coefficient (Wildman–Crippen LogP) is 2.00. The van der Waals surface area contributed by atoms with E-state index in [4.69, 9.17) is 4.42 Å². The Labute approximate surface area is 113 Å². The third-order valence-corrected chi connectivity index (χ3v) is 3.62. The molecule has 1 heterocycles. The number of rotatable bonds is 3. The smallest absolute Gasteiger partial charge is 0.315 e. The Morgan fingerprint density at radius 2 is 2.05 bits per heavy atom. The van der Waals surface area contributed by atoms with Gasteiger partial charge < -0.3 is 20.2 Å². The van der Waals surface area contributed by atoms with Crippen LogP contribution in [0.25, 0.3) is 0 Å². The molecule has 5 heteroatoms. The Morgan fingerprint density at radius 3 is 2.63 bits per heavy atom. The van der Waals surface area contributed by atoms with Gasteiger partial charge in [0.05, 0.1) is 6.10 Å². The second kappa shape index (κ2) is 6.10. The lowest BCUT2D eigenvalue weighted by molar-refractivity contribution is 0.117. The number of aliphatic hydroxyl groups is 1. The molecule has 2 rings (SSSR count). The van der Waals surface area contributed by atoms with E-state index in [0.29, 0.717) is 6.54 Å². The standard InChI is InChI=1S/C14H22N2O3/c1-9-7-11(10(2)19-9)8-15-14(18)16-12-3-5-13(17)6-4-12/h7,12-13,17H,3-6,8H2,1-2H3,(H2,15,16,18). The van der Waals surface area contributed by atoms with E-state index in [2.05, 4.69) is 10.6 Å². The van der Waals surface area contributed by atoms with Gasteiger partial charge in [-0.3, -0.25) is 0 Å². The van der Waals surface area contributed by atoms with E-state index in [9.17, 15) is 9.90 Å². The minimum Gasteiger partial charge on any atom is -0.466 e. The molecule has 1 aliphatic carbocycles. The second-order valence-corrected chi connectivity index (χ2v) is 5.27. The zero-order valence-corrected chi connectivity index (χ0v) is 11.5. The lowest BCUT2D eigenvalue weighted by Gasteiger charge is -2.26. The molecule has 0 aliphatic heterocycles. The van der Waals surface area contributed by atoms with Crippen molar-refractivity contribution in [1.29, 1.82) is 0 Å². The highest BCUT2D eigenvalue weighted by atomic mass is 16.3. The van der Waals surface area contributed by atoms with Gasteiger partial charge in [0.15, 0.2) is 0 Å². The third-order valence-electron chi connectivity index (χ3n) is 3.62. The van der Waals surface area contributed by atoms with E-state index >= 15 is 0 Å². The maximum absolute atomic E-state index is 11.8. The predicted molar refractivity (Wildman–Crippen MR) is 71.8 cm³/mol. The normalized spacial score (nSPS) is 23.1. The highest BCUT2D eigenvalue weighted by Crippen LogP contribution is 2.18. The van der Waals surface area contributed by atoms with Crippen molar-refractivity contribution >= 4 is 6.03 Å². The molecule has 0 aromatic carbocycles. The molecular weight excluding hydrogens is 244 g/mol. The van der Waals surface area contributed by atoms with Crippen LogP contribution >= 0.6 is 0 Å². The van der Waals surface area contributed by atoms with Crippen LogP contribution in [0.2, 0.25) is 0 Å². The Hall–Kier alpha value is -1.49. The van der Waals surface area contributed by atoms with Gasteiger partial charge in [-0.25, -0.2) is 4.79 Å². The fourth-order valence-electron chi connectivity index (χ4n) is 2.49. The lowest BCUT2D eigenvalue weighted by Crippen LogP contribution is -2.43. The van der Waals surface area contributed by atoms with Gasteiger partial charge >= 0.3 is 6.03 Å². The van der Waals surface area contributed by atoms with Crippen LogP contribution < -0.4 is 10.6 Å². The number of urea groups is 1. The molecule has 0 unspecified atom stereocenters. The molecular formula is C14H22N2O3. The van der Waals surface area contributed by atoms with Gasteiger partial charge in [-0.15, -0.1) is 0 Å². The fourth-order valence-corrected chi connectivity index (χ4v) is 2.49. The average Bonchev–Trinajstić information content (AvgIpc) is 2.68. The fraction of sp³-hybridized carbons (Fsp3) is 0.643. The first-order valence-electron chi connectivity index (χ1n) is 6.83. The number of aryl methyl sites for hydroxylation is 2. The number of nitrogens with one attached hydrogen (secondary N) is 2. The molecule has 1 fully saturated rings. The van der Waals surface area contributed by atoms with Crippen LogP contribution in [0.3, 0.4) is 0 Å². The van der Waals surface area contributed by atoms with Crippen LogP contribution in [0.4, 0.5) is 4.79 Å². The first kappa shape index (κ1) is 13.9. The first-order chi connectivity index (χ1) is 9.04. The van der Waals surface area contributed by atoms with Crippen molar-refractivity contribution in [1.82, 2.24) is 10.6 Å². The molecule has 0 spiro atoms. The monoisotopic (exact) mass is 266 g/mol. The Balaban J connectivity index is 1.74. The molecule has 1 aliphatic rings. The van der Waals surface area contributed by atoms with Gasteiger partial charge in [0, 0.05) is 18.2 Å². The Bertz CT molecular complexity index is 434. The van der Waals surface area contributed by atoms with E-state index in [0.717, 1.165) is 42.8 Å². The minimum absolute atomic E-state index is 0.153. The van der Waals surface area contributed by atoms with Crippen LogP contribution in [0, 0.1) is 13.8 Å². The summed E-state index contributed by atoms with van der Waals surface area (Å²) in [6.07, 6.45) is 3.03. The molecule has 1 aromatic rings. The van der Waals surface area contributed by atoms with Crippen LogP contribution in [0.15, 0.2) is 10.5 Å². The second-order valence-electron chi connectivity index (χ2n) is 5.27. The highest BCUT2D eigenvalue weighted by Gasteiger charge is 2.20. The summed E-state index contributed by atoms with van der Waals surface area (Å²) >= 11 is 0. The molecule has 0 radical (unpaired) electrons. The van der Waals surface area contributed by atoms with Crippen molar-refractivity contribution in [3.05, 3.63) is 23.2 Å². The molecule has 106 valence electrons. The van der Waals surface area contributed by atoms with Gasteiger partial charge in [0.25, 0.3) is 0 Å². The summed E-state index contributed by atoms with van der Waals surface area (Å²) in [6.45, 7) is 4.26. The summed E-state index contributed by atoms with van der Waals surface area (Å²) in [4.78, 5) is 11.8. The molecule has 3 N–H and O–H groups in total. The van der Waals surface area contributed by atoms with E-state index in [1.165, 1.54) is 0 Å². The molecule has 1 aromatic heterocycles. The van der Waals surface area contributed by atoms with Crippen LogP contribution in [0.1, 0.15) is 42.8 Å². The Kier molecular flexibility index (Phi) is 4.47. The van der Waals surface area contributed by atoms with E-state index in [-0.39, 0.29) is 18.2 Å². The highest BCUT2D eigenvalue weighted by molar-refractivity contribution is 5.74. The maximum Gasteiger partial charge on any atom is 0.315 e. The van der Waals surface area contributed by atoms with Gasteiger partial charge in [-0.05, 0) is 45.6 Å². The van der Waals surface area contributed by atoms with E-state index in [1.54, 1.807) is 0 Å². The number of furan rings is 1. The first-order valence-corrected chi connectivity index (χ1v) is 6.83. The number of carbonyl (C=O) groups is 1. The average molecular weight is 266 g/mol. The van der Waals surface area contributed by atoms with Gasteiger partial charge in [-0.1, -0.05) is 0 Å². The van der Waals surface area contributed by atoms with Gasteiger partial charge in [0.2, 0.25) is 0 Å². The van der Waals surface area contributed by atoms with Crippen LogP contribution in [-0.2, 0) is 6.54 Å². The summed E-state index contributed by atoms with van der Waals surface area (Å²) in [5.41, 5.74) is 1.01. The molecule has 19 heavy (non-hydrogen) atoms. The Morgan fingerprint density at radius 1 is 1.37 bits per heavy atom. The van der Waals surface area contributed by atoms with Crippen molar-refractivity contribution in [2.45, 2.75) is 58.2 Å². The third kappa shape index (κ3) is 3.99. The van der Waals surface area contributed by atoms with Crippen molar-refractivity contribution in [2.75, 3.05) is 0 Å².